The standard InChI is InChI=1S/C34H41FN4OS/c1-24-9-7-19-38(24)20-8-18-36-32(40)31-23-41-33(37-31)27-16-21-39(22-17-27)25(2)29-10-5-6-11-30(29)26-12-14-28(15-13-26)34(3,4)35/h5-6,10-15,23,27H,1-2,7-9,16-22H2,3-4H3,(H,36,40). The number of carbonyl (C=O) groups excluding carboxylic acids is 1. The molecule has 0 spiro atoms. The number of likely N-dealkylation sites (tertiary alicyclic amines) is 2. The number of alkyl halides is 1. The summed E-state index contributed by atoms with van der Waals surface area (Å²) in [5, 5.41) is 5.97. The van der Waals surface area contributed by atoms with Crippen LogP contribution in [-0.4, -0.2) is 53.4 Å². The van der Waals surface area contributed by atoms with Crippen LogP contribution in [0.4, 0.5) is 4.39 Å². The minimum atomic E-state index is -1.36. The van der Waals surface area contributed by atoms with Gasteiger partial charge in [0.1, 0.15) is 11.4 Å². The number of nitrogens with zero attached hydrogens (tertiary/aromatic N) is 3. The average molecular weight is 573 g/mol. The van der Waals surface area contributed by atoms with Crippen molar-refractivity contribution in [1.29, 1.82) is 0 Å². The van der Waals surface area contributed by atoms with Gasteiger partial charge in [0.15, 0.2) is 0 Å². The molecule has 2 aliphatic rings. The monoisotopic (exact) mass is 572 g/mol. The molecule has 5 rings (SSSR count). The molecule has 7 heteroatoms. The van der Waals surface area contributed by atoms with Gasteiger partial charge in [-0.25, -0.2) is 9.37 Å². The minimum Gasteiger partial charge on any atom is -0.375 e. The van der Waals surface area contributed by atoms with Gasteiger partial charge in [-0.3, -0.25) is 4.79 Å². The molecule has 3 aromatic rings. The van der Waals surface area contributed by atoms with Gasteiger partial charge in [0.25, 0.3) is 5.91 Å². The van der Waals surface area contributed by atoms with Gasteiger partial charge in [-0.15, -0.1) is 11.3 Å². The van der Waals surface area contributed by atoms with Crippen molar-refractivity contribution in [3.63, 3.8) is 0 Å². The van der Waals surface area contributed by atoms with Crippen LogP contribution >= 0.6 is 11.3 Å². The van der Waals surface area contributed by atoms with Gasteiger partial charge in [0.05, 0.1) is 5.01 Å². The fraction of sp³-hybridized carbons (Fsp3) is 0.412. The summed E-state index contributed by atoms with van der Waals surface area (Å²) in [6, 6.07) is 16.0. The lowest BCUT2D eigenvalue weighted by Crippen LogP contribution is -2.31. The van der Waals surface area contributed by atoms with E-state index in [1.54, 1.807) is 25.2 Å². The number of aromatic nitrogens is 1. The number of nitrogens with one attached hydrogen (secondary N) is 1. The van der Waals surface area contributed by atoms with Crippen LogP contribution in [0, 0.1) is 0 Å². The highest BCUT2D eigenvalue weighted by atomic mass is 32.1. The molecule has 41 heavy (non-hydrogen) atoms. The Labute approximate surface area is 247 Å². The Hall–Kier alpha value is -3.45. The predicted molar refractivity (Wildman–Crippen MR) is 168 cm³/mol. The average Bonchev–Trinajstić information content (AvgIpc) is 3.64. The number of piperidine rings is 1. The number of hydrogen-bond donors (Lipinski definition) is 1. The number of thiazole rings is 1. The molecule has 1 amide bonds. The van der Waals surface area contributed by atoms with E-state index < -0.39 is 5.67 Å². The molecule has 2 aromatic carbocycles. The van der Waals surface area contributed by atoms with E-state index in [0.717, 1.165) is 79.3 Å². The van der Waals surface area contributed by atoms with Gasteiger partial charge < -0.3 is 15.1 Å². The van der Waals surface area contributed by atoms with E-state index in [-0.39, 0.29) is 5.91 Å². The van der Waals surface area contributed by atoms with Gasteiger partial charge in [-0.1, -0.05) is 61.7 Å². The van der Waals surface area contributed by atoms with E-state index in [2.05, 4.69) is 40.4 Å². The van der Waals surface area contributed by atoms with Crippen LogP contribution in [0.5, 0.6) is 0 Å². The van der Waals surface area contributed by atoms with E-state index in [1.165, 1.54) is 12.1 Å². The van der Waals surface area contributed by atoms with E-state index in [4.69, 9.17) is 4.98 Å². The lowest BCUT2D eigenvalue weighted by molar-refractivity contribution is 0.0947. The smallest absolute Gasteiger partial charge is 0.270 e. The second kappa shape index (κ2) is 12.6. The summed E-state index contributed by atoms with van der Waals surface area (Å²) in [7, 11) is 0. The molecule has 0 unspecified atom stereocenters. The SMILES string of the molecule is C=C1CCCN1CCCNC(=O)c1csc(C2CCN(C(=C)c3ccccc3-c3ccc(C(C)(C)F)cc3)CC2)n1. The van der Waals surface area contributed by atoms with Gasteiger partial charge in [0, 0.05) is 61.0 Å². The first-order valence-corrected chi connectivity index (χ1v) is 15.6. The molecule has 0 saturated carbocycles. The molecule has 0 atom stereocenters. The van der Waals surface area contributed by atoms with Crippen molar-refractivity contribution in [2.75, 3.05) is 32.7 Å². The number of allylic oxidation sites excluding steroid dienone is 1. The largest absolute Gasteiger partial charge is 0.375 e. The molecule has 2 fully saturated rings. The summed E-state index contributed by atoms with van der Waals surface area (Å²) in [4.78, 5) is 22.1. The lowest BCUT2D eigenvalue weighted by atomic mass is 9.92. The van der Waals surface area contributed by atoms with Crippen LogP contribution in [0.15, 0.2) is 72.8 Å². The number of halogens is 1. The van der Waals surface area contributed by atoms with E-state index in [9.17, 15) is 9.18 Å². The zero-order valence-electron chi connectivity index (χ0n) is 24.3. The quantitative estimate of drug-likeness (QED) is 0.254. The Bertz CT molecular complexity index is 1380. The van der Waals surface area contributed by atoms with Crippen molar-refractivity contribution >= 4 is 22.9 Å². The highest BCUT2D eigenvalue weighted by Crippen LogP contribution is 2.36. The Morgan fingerprint density at radius 1 is 1.12 bits per heavy atom. The van der Waals surface area contributed by atoms with Crippen molar-refractivity contribution in [1.82, 2.24) is 20.1 Å². The zero-order valence-corrected chi connectivity index (χ0v) is 25.1. The van der Waals surface area contributed by atoms with Gasteiger partial charge in [0.2, 0.25) is 0 Å². The van der Waals surface area contributed by atoms with Gasteiger partial charge >= 0.3 is 0 Å². The third-order valence-electron chi connectivity index (χ3n) is 8.33. The summed E-state index contributed by atoms with van der Waals surface area (Å²) in [5.74, 6) is 0.261. The molecule has 0 aliphatic carbocycles. The van der Waals surface area contributed by atoms with E-state index in [1.807, 2.05) is 41.8 Å². The molecule has 5 nitrogen and oxygen atoms in total. The van der Waals surface area contributed by atoms with Crippen molar-refractivity contribution in [3.05, 3.63) is 94.6 Å². The van der Waals surface area contributed by atoms with Crippen LogP contribution < -0.4 is 5.32 Å². The first-order chi connectivity index (χ1) is 19.7. The molecular weight excluding hydrogens is 531 g/mol. The fourth-order valence-electron chi connectivity index (χ4n) is 5.80. The van der Waals surface area contributed by atoms with Gasteiger partial charge in [-0.2, -0.15) is 0 Å². The number of benzene rings is 2. The number of rotatable bonds is 10. The molecule has 2 saturated heterocycles. The molecule has 2 aliphatic heterocycles. The van der Waals surface area contributed by atoms with Crippen molar-refractivity contribution < 1.29 is 9.18 Å². The Kier molecular flexibility index (Phi) is 8.93. The lowest BCUT2D eigenvalue weighted by Gasteiger charge is -2.34. The first-order valence-electron chi connectivity index (χ1n) is 14.7. The molecular formula is C34H41FN4OS. The van der Waals surface area contributed by atoms with Crippen LogP contribution in [0.25, 0.3) is 16.8 Å². The second-order valence-electron chi connectivity index (χ2n) is 11.6. The second-order valence-corrected chi connectivity index (χ2v) is 12.5. The molecule has 1 N–H and O–H groups in total. The van der Waals surface area contributed by atoms with Crippen LogP contribution in [0.2, 0.25) is 0 Å². The van der Waals surface area contributed by atoms with Crippen molar-refractivity contribution in [2.45, 2.75) is 57.5 Å². The first kappa shape index (κ1) is 29.1. The third-order valence-corrected chi connectivity index (χ3v) is 9.34. The zero-order chi connectivity index (χ0) is 29.0. The molecule has 216 valence electrons. The summed E-state index contributed by atoms with van der Waals surface area (Å²) in [5.41, 5.74) is 5.31. The molecule has 0 bridgehead atoms. The minimum absolute atomic E-state index is 0.0849. The summed E-state index contributed by atoms with van der Waals surface area (Å²) in [6.45, 7) is 16.2. The number of carbonyl (C=O) groups is 1. The maximum Gasteiger partial charge on any atom is 0.270 e. The maximum absolute atomic E-state index is 14.4. The van der Waals surface area contributed by atoms with Crippen molar-refractivity contribution in [3.8, 4) is 11.1 Å². The highest BCUT2D eigenvalue weighted by Gasteiger charge is 2.26. The third kappa shape index (κ3) is 6.89. The summed E-state index contributed by atoms with van der Waals surface area (Å²) in [6.07, 6.45) is 5.12. The van der Waals surface area contributed by atoms with Crippen LogP contribution in [-0.2, 0) is 5.67 Å². The fourth-order valence-corrected chi connectivity index (χ4v) is 6.77. The summed E-state index contributed by atoms with van der Waals surface area (Å²) >= 11 is 1.59. The summed E-state index contributed by atoms with van der Waals surface area (Å²) < 4.78 is 14.4. The maximum atomic E-state index is 14.4. The molecule has 3 heterocycles. The van der Waals surface area contributed by atoms with Crippen LogP contribution in [0.3, 0.4) is 0 Å². The topological polar surface area (TPSA) is 48.5 Å². The van der Waals surface area contributed by atoms with Gasteiger partial charge in [-0.05, 0) is 62.6 Å². The normalized spacial score (nSPS) is 16.3. The van der Waals surface area contributed by atoms with Crippen LogP contribution in [0.1, 0.15) is 78.5 Å². The predicted octanol–water partition coefficient (Wildman–Crippen LogP) is 7.59. The number of hydrogen-bond acceptors (Lipinski definition) is 5. The molecule has 1 aromatic heterocycles. The Balaban J connectivity index is 1.14. The number of amides is 1. The highest BCUT2D eigenvalue weighted by molar-refractivity contribution is 7.09. The van der Waals surface area contributed by atoms with E-state index >= 15 is 0 Å². The Morgan fingerprint density at radius 3 is 2.54 bits per heavy atom. The van der Waals surface area contributed by atoms with Crippen molar-refractivity contribution in [2.24, 2.45) is 0 Å². The Morgan fingerprint density at radius 2 is 1.85 bits per heavy atom. The van der Waals surface area contributed by atoms with E-state index in [0.29, 0.717) is 23.7 Å². The molecule has 0 radical (unpaired) electrons.